The second kappa shape index (κ2) is 5.03. The number of nitrogens with one attached hydrogen (secondary N) is 1. The molecule has 1 aliphatic rings. The molecule has 15 heavy (non-hydrogen) atoms. The van der Waals surface area contributed by atoms with Gasteiger partial charge in [-0.05, 0) is 32.6 Å². The second-order valence-electron chi connectivity index (χ2n) is 3.89. The molecule has 4 heteroatoms. The van der Waals surface area contributed by atoms with E-state index in [4.69, 9.17) is 0 Å². The summed E-state index contributed by atoms with van der Waals surface area (Å²) < 4.78 is 2.24. The van der Waals surface area contributed by atoms with Crippen LogP contribution in [0.15, 0.2) is 12.4 Å². The number of thioether (sulfide) groups is 1. The van der Waals surface area contributed by atoms with E-state index < -0.39 is 0 Å². The number of imidazole rings is 1. The largest absolute Gasteiger partial charge is 0.334 e. The molecule has 3 nitrogen and oxygen atoms in total. The highest BCUT2D eigenvalue weighted by Gasteiger charge is 2.28. The normalized spacial score (nSPS) is 23.2. The van der Waals surface area contributed by atoms with Gasteiger partial charge >= 0.3 is 0 Å². The Hall–Kier alpha value is -0.480. The van der Waals surface area contributed by atoms with Crippen molar-refractivity contribution in [2.24, 2.45) is 0 Å². The molecule has 0 bridgehead atoms. The monoisotopic (exact) mass is 225 g/mol. The van der Waals surface area contributed by atoms with Gasteiger partial charge in [-0.3, -0.25) is 0 Å². The summed E-state index contributed by atoms with van der Waals surface area (Å²) in [7, 11) is 2.04. The van der Waals surface area contributed by atoms with E-state index >= 15 is 0 Å². The van der Waals surface area contributed by atoms with Gasteiger partial charge in [-0.2, -0.15) is 11.8 Å². The van der Waals surface area contributed by atoms with E-state index in [-0.39, 0.29) is 0 Å². The van der Waals surface area contributed by atoms with Crippen molar-refractivity contribution in [3.05, 3.63) is 18.2 Å². The van der Waals surface area contributed by atoms with Crippen LogP contribution in [0, 0.1) is 0 Å². The molecule has 84 valence electrons. The summed E-state index contributed by atoms with van der Waals surface area (Å²) in [6.07, 6.45) is 6.63. The Morgan fingerprint density at radius 2 is 2.60 bits per heavy atom. The zero-order valence-corrected chi connectivity index (χ0v) is 10.3. The zero-order chi connectivity index (χ0) is 10.7. The lowest BCUT2D eigenvalue weighted by Crippen LogP contribution is -2.28. The summed E-state index contributed by atoms with van der Waals surface area (Å²) in [6, 6.07) is 0.410. The van der Waals surface area contributed by atoms with E-state index in [1.54, 1.807) is 0 Å². The van der Waals surface area contributed by atoms with E-state index in [1.165, 1.54) is 24.4 Å². The second-order valence-corrected chi connectivity index (χ2v) is 5.24. The Bertz CT molecular complexity index is 305. The van der Waals surface area contributed by atoms with Crippen LogP contribution in [0.3, 0.4) is 0 Å². The van der Waals surface area contributed by atoms with Crippen LogP contribution in [0.5, 0.6) is 0 Å². The summed E-state index contributed by atoms with van der Waals surface area (Å²) in [6.45, 7) is 3.17. The Morgan fingerprint density at radius 1 is 1.73 bits per heavy atom. The molecule has 0 radical (unpaired) electrons. The smallest absolute Gasteiger partial charge is 0.126 e. The standard InChI is InChI=1S/C11H19N3S/c1-3-14-7-6-13-11(14)10(12-2)9-5-4-8-15-9/h6-7,9-10,12H,3-5,8H2,1-2H3. The van der Waals surface area contributed by atoms with Gasteiger partial charge in [0.2, 0.25) is 0 Å². The summed E-state index contributed by atoms with van der Waals surface area (Å²) >= 11 is 2.08. The fourth-order valence-electron chi connectivity index (χ4n) is 2.21. The fraction of sp³-hybridized carbons (Fsp3) is 0.727. The molecular weight excluding hydrogens is 206 g/mol. The van der Waals surface area contributed by atoms with Crippen LogP contribution in [-0.2, 0) is 6.54 Å². The van der Waals surface area contributed by atoms with Gasteiger partial charge in [0, 0.05) is 24.2 Å². The third kappa shape index (κ3) is 2.21. The van der Waals surface area contributed by atoms with Crippen LogP contribution in [0.2, 0.25) is 0 Å². The van der Waals surface area contributed by atoms with Crippen molar-refractivity contribution in [1.82, 2.24) is 14.9 Å². The molecule has 0 aliphatic carbocycles. The van der Waals surface area contributed by atoms with Crippen molar-refractivity contribution < 1.29 is 0 Å². The first-order valence-electron chi connectivity index (χ1n) is 5.66. The molecule has 2 heterocycles. The number of nitrogens with zero attached hydrogens (tertiary/aromatic N) is 2. The Labute approximate surface area is 95.7 Å². The summed E-state index contributed by atoms with van der Waals surface area (Å²) in [5.74, 6) is 2.50. The molecule has 0 amide bonds. The van der Waals surface area contributed by atoms with Crippen LogP contribution < -0.4 is 5.32 Å². The molecule has 2 rings (SSSR count). The van der Waals surface area contributed by atoms with Gasteiger partial charge in [0.1, 0.15) is 5.82 Å². The first-order chi connectivity index (χ1) is 7.36. The van der Waals surface area contributed by atoms with Crippen LogP contribution in [-0.4, -0.2) is 27.6 Å². The summed E-state index contributed by atoms with van der Waals surface area (Å²) in [5.41, 5.74) is 0. The van der Waals surface area contributed by atoms with Crippen molar-refractivity contribution in [3.8, 4) is 0 Å². The summed E-state index contributed by atoms with van der Waals surface area (Å²) in [5, 5.41) is 4.11. The van der Waals surface area contributed by atoms with Gasteiger partial charge in [0.15, 0.2) is 0 Å². The topological polar surface area (TPSA) is 29.9 Å². The lowest BCUT2D eigenvalue weighted by atomic mass is 10.1. The predicted molar refractivity (Wildman–Crippen MR) is 65.2 cm³/mol. The van der Waals surface area contributed by atoms with E-state index in [9.17, 15) is 0 Å². The third-order valence-electron chi connectivity index (χ3n) is 3.01. The average molecular weight is 225 g/mol. The van der Waals surface area contributed by atoms with E-state index in [1.807, 2.05) is 13.2 Å². The Kier molecular flexibility index (Phi) is 3.70. The van der Waals surface area contributed by atoms with Gasteiger partial charge in [-0.15, -0.1) is 0 Å². The molecule has 1 saturated heterocycles. The van der Waals surface area contributed by atoms with Crippen molar-refractivity contribution >= 4 is 11.8 Å². The molecule has 1 aliphatic heterocycles. The highest BCUT2D eigenvalue weighted by molar-refractivity contribution is 8.00. The van der Waals surface area contributed by atoms with Gasteiger partial charge in [-0.25, -0.2) is 4.98 Å². The number of aromatic nitrogens is 2. The molecule has 0 aromatic carbocycles. The van der Waals surface area contributed by atoms with E-state index in [0.717, 1.165) is 6.54 Å². The lowest BCUT2D eigenvalue weighted by Gasteiger charge is -2.22. The predicted octanol–water partition coefficient (Wildman–Crippen LogP) is 2.06. The van der Waals surface area contributed by atoms with Crippen LogP contribution >= 0.6 is 11.8 Å². The fourth-order valence-corrected chi connectivity index (χ4v) is 3.63. The van der Waals surface area contributed by atoms with Crippen LogP contribution in [0.25, 0.3) is 0 Å². The number of hydrogen-bond donors (Lipinski definition) is 1. The highest BCUT2D eigenvalue weighted by atomic mass is 32.2. The van der Waals surface area contributed by atoms with E-state index in [2.05, 4.69) is 39.8 Å². The highest BCUT2D eigenvalue weighted by Crippen LogP contribution is 2.35. The zero-order valence-electron chi connectivity index (χ0n) is 9.44. The number of hydrogen-bond acceptors (Lipinski definition) is 3. The average Bonchev–Trinajstić information content (AvgIpc) is 2.89. The number of rotatable bonds is 4. The minimum absolute atomic E-state index is 0.410. The van der Waals surface area contributed by atoms with Crippen molar-refractivity contribution in [2.45, 2.75) is 37.6 Å². The van der Waals surface area contributed by atoms with Crippen LogP contribution in [0.1, 0.15) is 31.6 Å². The minimum atomic E-state index is 0.410. The van der Waals surface area contributed by atoms with Crippen molar-refractivity contribution in [1.29, 1.82) is 0 Å². The molecule has 1 aromatic heterocycles. The SMILES string of the molecule is CCn1ccnc1C(NC)C1CCCS1. The van der Waals surface area contributed by atoms with E-state index in [0.29, 0.717) is 11.3 Å². The summed E-state index contributed by atoms with van der Waals surface area (Å²) in [4.78, 5) is 4.49. The van der Waals surface area contributed by atoms with Gasteiger partial charge in [0.05, 0.1) is 6.04 Å². The molecule has 0 spiro atoms. The maximum Gasteiger partial charge on any atom is 0.126 e. The Balaban J connectivity index is 2.17. The first kappa shape index (κ1) is 11.0. The molecular formula is C11H19N3S. The van der Waals surface area contributed by atoms with Gasteiger partial charge in [-0.1, -0.05) is 0 Å². The first-order valence-corrected chi connectivity index (χ1v) is 6.71. The molecule has 1 aromatic rings. The lowest BCUT2D eigenvalue weighted by molar-refractivity contribution is 0.498. The quantitative estimate of drug-likeness (QED) is 0.850. The van der Waals surface area contributed by atoms with Gasteiger partial charge < -0.3 is 9.88 Å². The molecule has 2 unspecified atom stereocenters. The Morgan fingerprint density at radius 3 is 3.20 bits per heavy atom. The van der Waals surface area contributed by atoms with Gasteiger partial charge in [0.25, 0.3) is 0 Å². The van der Waals surface area contributed by atoms with Crippen molar-refractivity contribution in [2.75, 3.05) is 12.8 Å². The maximum atomic E-state index is 4.49. The minimum Gasteiger partial charge on any atom is -0.334 e. The number of aryl methyl sites for hydroxylation is 1. The molecule has 2 atom stereocenters. The molecule has 1 fully saturated rings. The maximum absolute atomic E-state index is 4.49. The third-order valence-corrected chi connectivity index (χ3v) is 4.47. The molecule has 1 N–H and O–H groups in total. The van der Waals surface area contributed by atoms with Crippen molar-refractivity contribution in [3.63, 3.8) is 0 Å². The van der Waals surface area contributed by atoms with Crippen LogP contribution in [0.4, 0.5) is 0 Å². The molecule has 0 saturated carbocycles.